The van der Waals surface area contributed by atoms with Crippen molar-refractivity contribution in [2.24, 2.45) is 0 Å². The van der Waals surface area contributed by atoms with Crippen molar-refractivity contribution in [3.8, 4) is 67.8 Å². The fourth-order valence-electron chi connectivity index (χ4n) is 22.0. The summed E-state index contributed by atoms with van der Waals surface area (Å²) >= 11 is 1.83. The molecule has 22 aromatic carbocycles. The Morgan fingerprint density at radius 3 is 1.14 bits per heavy atom. The van der Waals surface area contributed by atoms with Crippen LogP contribution in [0.25, 0.3) is 284 Å². The number of nitrogens with zero attached hydrogens (tertiary/aromatic N) is 8. The van der Waals surface area contributed by atoms with Crippen molar-refractivity contribution >= 4 is 227 Å². The molecule has 9 nitrogen and oxygen atoms in total. The van der Waals surface area contributed by atoms with Gasteiger partial charge in [-0.05, 0) is 218 Å². The van der Waals surface area contributed by atoms with E-state index in [9.17, 15) is 0 Å². The van der Waals surface area contributed by atoms with Gasteiger partial charge < -0.3 is 22.7 Å². The molecule has 0 unspecified atom stereocenters. The summed E-state index contributed by atoms with van der Waals surface area (Å²) in [4.78, 5) is 21.6. The average Bonchev–Trinajstić information content (AvgIpc) is 1.55. The third-order valence-electron chi connectivity index (χ3n) is 28.0. The van der Waals surface area contributed by atoms with Gasteiger partial charge in [0, 0.05) is 118 Å². The minimum Gasteiger partial charge on any atom is -0.456 e. The number of thiophene rings is 1. The molecule has 0 fully saturated rings. The van der Waals surface area contributed by atoms with E-state index in [0.717, 1.165) is 150 Å². The first-order valence-corrected chi connectivity index (χ1v) is 46.4. The summed E-state index contributed by atoms with van der Waals surface area (Å²) in [7, 11) is 0. The summed E-state index contributed by atoms with van der Waals surface area (Å²) < 4.78 is 18.7. The van der Waals surface area contributed by atoms with Crippen molar-refractivity contribution in [3.05, 3.63) is 437 Å². The minimum absolute atomic E-state index is 0.821. The Morgan fingerprint density at radius 1 is 0.179 bits per heavy atom. The molecular formula is C124H72N8OS. The molecule has 0 bridgehead atoms. The Balaban J connectivity index is 0.000000131. The van der Waals surface area contributed by atoms with Gasteiger partial charge >= 0.3 is 0 Å². The Hall–Kier alpha value is -17.7. The predicted octanol–water partition coefficient (Wildman–Crippen LogP) is 33.5. The predicted molar refractivity (Wildman–Crippen MR) is 563 cm³/mol. The first-order chi connectivity index (χ1) is 66.4. The standard InChI is InChI=1S/C62H36N4O.C62H36N4S/c1-2-15-39-34-56-49(32-38(39)14-1)46-28-27-43(65-53-23-11-7-20-48(53)60-45-18-6-3-13-37(45)25-29-54(60)65)36-57(46)66(56)55-35-42(31-40-16-4-5-17-44(40)55)62-61(63-51-21-9-10-22-52(51)64-62)41-26-30-59-50(33-41)47-19-8-12-24-58(47)67-59;1-2-14-39-35-56-49(33-38(39)13-1)46-29-27-43(65-54-21-9-5-18-48(54)60-45-16-4-3-12-37(45)25-30-55(60)65)36-57(46)66(56)53-22-11-15-40-32-41(24-28-44(40)53)61-62(64-52-20-8-7-19-51(52)63-61)42-26-31-59-50(34-42)47-17-6-10-23-58(47)67-59/h2*1-36H. The van der Waals surface area contributed by atoms with E-state index < -0.39 is 0 Å². The number of fused-ring (bicyclic) bond motifs is 28. The molecule has 0 atom stereocenters. The molecule has 620 valence electrons. The second-order valence-corrected chi connectivity index (χ2v) is 36.5. The largest absolute Gasteiger partial charge is 0.456 e. The smallest absolute Gasteiger partial charge is 0.135 e. The van der Waals surface area contributed by atoms with Crippen LogP contribution in [0.3, 0.4) is 0 Å². The molecule has 30 aromatic rings. The van der Waals surface area contributed by atoms with Crippen molar-refractivity contribution in [2.45, 2.75) is 0 Å². The highest BCUT2D eigenvalue weighted by atomic mass is 32.1. The van der Waals surface area contributed by atoms with E-state index in [1.54, 1.807) is 0 Å². The molecule has 134 heavy (non-hydrogen) atoms. The van der Waals surface area contributed by atoms with Gasteiger partial charge in [0.05, 0.1) is 100 Å². The molecular weight excluding hydrogens is 1650 g/mol. The molecule has 0 N–H and O–H groups in total. The quantitative estimate of drug-likeness (QED) is 0.151. The average molecular weight is 1720 g/mol. The highest BCUT2D eigenvalue weighted by molar-refractivity contribution is 7.25. The van der Waals surface area contributed by atoms with Gasteiger partial charge in [0.1, 0.15) is 11.2 Å². The highest BCUT2D eigenvalue weighted by Gasteiger charge is 2.27. The monoisotopic (exact) mass is 1720 g/mol. The first kappa shape index (κ1) is 74.3. The van der Waals surface area contributed by atoms with Gasteiger partial charge in [-0.25, -0.2) is 19.9 Å². The maximum absolute atomic E-state index is 6.28. The zero-order valence-corrected chi connectivity index (χ0v) is 72.8. The number of para-hydroxylation sites is 7. The second kappa shape index (κ2) is 28.9. The van der Waals surface area contributed by atoms with Crippen LogP contribution in [0.5, 0.6) is 0 Å². The molecule has 0 amide bonds. The normalized spacial score (nSPS) is 12.2. The Bertz CT molecular complexity index is 10300. The molecule has 0 aliphatic carbocycles. The third-order valence-corrected chi connectivity index (χ3v) is 29.2. The van der Waals surface area contributed by atoms with E-state index in [4.69, 9.17) is 24.4 Å². The van der Waals surface area contributed by atoms with Crippen LogP contribution in [0.1, 0.15) is 0 Å². The molecule has 30 rings (SSSR count). The number of hydrogen-bond donors (Lipinski definition) is 0. The molecule has 8 heterocycles. The lowest BCUT2D eigenvalue weighted by atomic mass is 9.98. The molecule has 0 radical (unpaired) electrons. The molecule has 8 aromatic heterocycles. The summed E-state index contributed by atoms with van der Waals surface area (Å²) in [5.41, 5.74) is 26.4. The summed E-state index contributed by atoms with van der Waals surface area (Å²) in [6, 6.07) is 158. The van der Waals surface area contributed by atoms with Gasteiger partial charge in [0.25, 0.3) is 0 Å². The van der Waals surface area contributed by atoms with Crippen LogP contribution in [0.2, 0.25) is 0 Å². The zero-order chi connectivity index (χ0) is 87.5. The zero-order valence-electron chi connectivity index (χ0n) is 72.0. The minimum atomic E-state index is 0.821. The topological polar surface area (TPSA) is 84.4 Å². The van der Waals surface area contributed by atoms with E-state index in [0.29, 0.717) is 0 Å². The molecule has 0 saturated heterocycles. The maximum Gasteiger partial charge on any atom is 0.135 e. The van der Waals surface area contributed by atoms with Crippen LogP contribution in [-0.2, 0) is 0 Å². The van der Waals surface area contributed by atoms with Crippen LogP contribution >= 0.6 is 11.3 Å². The van der Waals surface area contributed by atoms with E-state index in [1.807, 2.05) is 53.8 Å². The van der Waals surface area contributed by atoms with Gasteiger partial charge in [-0.3, -0.25) is 0 Å². The van der Waals surface area contributed by atoms with Crippen molar-refractivity contribution in [3.63, 3.8) is 0 Å². The lowest BCUT2D eigenvalue weighted by Crippen LogP contribution is -2.00. The summed E-state index contributed by atoms with van der Waals surface area (Å²) in [6.45, 7) is 0. The van der Waals surface area contributed by atoms with Crippen molar-refractivity contribution in [1.29, 1.82) is 0 Å². The molecule has 10 heteroatoms. The molecule has 0 saturated carbocycles. The van der Waals surface area contributed by atoms with Gasteiger partial charge in [0.2, 0.25) is 0 Å². The van der Waals surface area contributed by atoms with Gasteiger partial charge in [-0.2, -0.15) is 0 Å². The first-order valence-electron chi connectivity index (χ1n) is 45.6. The fourth-order valence-corrected chi connectivity index (χ4v) is 23.1. The van der Waals surface area contributed by atoms with Crippen LogP contribution in [0, 0.1) is 0 Å². The van der Waals surface area contributed by atoms with Crippen molar-refractivity contribution in [1.82, 2.24) is 38.2 Å². The van der Waals surface area contributed by atoms with E-state index in [1.165, 1.54) is 134 Å². The third kappa shape index (κ3) is 11.3. The Morgan fingerprint density at radius 2 is 0.567 bits per heavy atom. The molecule has 0 spiro atoms. The molecule has 0 aliphatic rings. The number of benzene rings is 22. The van der Waals surface area contributed by atoms with Gasteiger partial charge in [-0.15, -0.1) is 11.3 Å². The van der Waals surface area contributed by atoms with Crippen molar-refractivity contribution < 1.29 is 4.42 Å². The van der Waals surface area contributed by atoms with Crippen molar-refractivity contribution in [2.75, 3.05) is 0 Å². The van der Waals surface area contributed by atoms with Crippen LogP contribution in [0.4, 0.5) is 0 Å². The van der Waals surface area contributed by atoms with Crippen LogP contribution in [-0.4, -0.2) is 38.2 Å². The summed E-state index contributed by atoms with van der Waals surface area (Å²) in [5.74, 6) is 0. The molecule has 0 aliphatic heterocycles. The Kier molecular flexibility index (Phi) is 16.0. The number of furan rings is 1. The van der Waals surface area contributed by atoms with Crippen LogP contribution in [0.15, 0.2) is 441 Å². The van der Waals surface area contributed by atoms with E-state index in [-0.39, 0.29) is 0 Å². The lowest BCUT2D eigenvalue weighted by Gasteiger charge is -2.17. The SMILES string of the molecule is c1ccc2cc3c(cc2c1)c1ccc(-n2c4ccccc4c4c5ccccc5ccc42)cc1n3-c1cc(-c2nc3ccccc3nc2-c2ccc3oc4ccccc4c3c2)cc2ccccc12.c1ccc2cc3c(cc2c1)c1ccc(-n2c4ccccc4c4c5ccccc5ccc42)cc1n3-c1cccc2cc(-c3nc4ccccc4nc3-c3ccc4sc5ccccc5c4c3)ccc12. The van der Waals surface area contributed by atoms with Gasteiger partial charge in [-0.1, -0.05) is 273 Å². The maximum atomic E-state index is 6.28. The highest BCUT2D eigenvalue weighted by Crippen LogP contribution is 2.49. The fraction of sp³-hybridized carbons (Fsp3) is 0. The lowest BCUT2D eigenvalue weighted by molar-refractivity contribution is 0.669. The Labute approximate surface area is 769 Å². The van der Waals surface area contributed by atoms with Gasteiger partial charge in [0.15, 0.2) is 0 Å². The second-order valence-electron chi connectivity index (χ2n) is 35.4. The number of hydrogen-bond acceptors (Lipinski definition) is 6. The summed E-state index contributed by atoms with van der Waals surface area (Å²) in [5, 5.41) is 29.0. The summed E-state index contributed by atoms with van der Waals surface area (Å²) in [6.07, 6.45) is 0. The van der Waals surface area contributed by atoms with E-state index >= 15 is 0 Å². The van der Waals surface area contributed by atoms with E-state index in [2.05, 4.69) is 413 Å². The van der Waals surface area contributed by atoms with Crippen LogP contribution < -0.4 is 0 Å². The number of rotatable bonds is 8. The number of aromatic nitrogens is 8.